The van der Waals surface area contributed by atoms with Crippen molar-refractivity contribution < 1.29 is 19.1 Å². The van der Waals surface area contributed by atoms with Gasteiger partial charge in [0.1, 0.15) is 17.7 Å². The lowest BCUT2D eigenvalue weighted by Crippen LogP contribution is -2.43. The van der Waals surface area contributed by atoms with Crippen LogP contribution in [0.1, 0.15) is 18.1 Å². The molecule has 0 bridgehead atoms. The maximum absolute atomic E-state index is 12.8. The molecule has 2 heterocycles. The third-order valence-corrected chi connectivity index (χ3v) is 5.25. The number of carbonyl (C=O) groups excluding carboxylic acids is 3. The van der Waals surface area contributed by atoms with Crippen LogP contribution in [-0.2, 0) is 25.5 Å². The van der Waals surface area contributed by atoms with Gasteiger partial charge < -0.3 is 20.4 Å². The summed E-state index contributed by atoms with van der Waals surface area (Å²) in [6, 6.07) is 17.6. The molecule has 0 aliphatic carbocycles. The summed E-state index contributed by atoms with van der Waals surface area (Å²) in [7, 11) is 0. The van der Waals surface area contributed by atoms with Crippen molar-refractivity contribution in [3.05, 3.63) is 78.1 Å². The Bertz CT molecular complexity index is 1420. The van der Waals surface area contributed by atoms with Crippen molar-refractivity contribution in [3.8, 4) is 11.8 Å². The number of anilines is 1. The van der Waals surface area contributed by atoms with E-state index in [9.17, 15) is 19.6 Å². The number of aromatic amines is 1. The van der Waals surface area contributed by atoms with Crippen LogP contribution in [0.25, 0.3) is 16.6 Å². The summed E-state index contributed by atoms with van der Waals surface area (Å²) >= 11 is 0. The fourth-order valence-electron chi connectivity index (χ4n) is 3.68. The van der Waals surface area contributed by atoms with Gasteiger partial charge in [0.15, 0.2) is 12.4 Å². The molecule has 0 saturated carbocycles. The van der Waals surface area contributed by atoms with E-state index < -0.39 is 30.4 Å². The van der Waals surface area contributed by atoms with Crippen molar-refractivity contribution in [2.75, 3.05) is 11.9 Å². The van der Waals surface area contributed by atoms with Crippen molar-refractivity contribution in [3.63, 3.8) is 0 Å². The number of amides is 2. The second kappa shape index (κ2) is 10.4. The third-order valence-electron chi connectivity index (χ3n) is 5.25. The maximum atomic E-state index is 12.8. The minimum atomic E-state index is -0.982. The zero-order chi connectivity index (χ0) is 24.8. The predicted octanol–water partition coefficient (Wildman–Crippen LogP) is 2.45. The van der Waals surface area contributed by atoms with Crippen LogP contribution >= 0.6 is 0 Å². The van der Waals surface area contributed by atoms with E-state index in [2.05, 4.69) is 20.7 Å². The zero-order valence-electron chi connectivity index (χ0n) is 18.8. The summed E-state index contributed by atoms with van der Waals surface area (Å²) in [5.41, 5.74) is 2.53. The summed E-state index contributed by atoms with van der Waals surface area (Å²) in [4.78, 5) is 40.2. The lowest BCUT2D eigenvalue weighted by molar-refractivity contribution is -0.150. The fourth-order valence-corrected chi connectivity index (χ4v) is 3.68. The highest BCUT2D eigenvalue weighted by Gasteiger charge is 2.24. The van der Waals surface area contributed by atoms with Crippen molar-refractivity contribution in [1.29, 1.82) is 5.26 Å². The number of fused-ring (bicyclic) bond motifs is 1. The maximum Gasteiger partial charge on any atom is 0.329 e. The normalized spacial score (nSPS) is 11.4. The molecule has 4 rings (SSSR count). The van der Waals surface area contributed by atoms with Gasteiger partial charge in [0.05, 0.1) is 11.9 Å². The number of esters is 1. The number of carbonyl (C=O) groups is 3. The van der Waals surface area contributed by atoms with Crippen LogP contribution in [-0.4, -0.2) is 45.2 Å². The van der Waals surface area contributed by atoms with Crippen LogP contribution in [0.4, 0.5) is 5.82 Å². The van der Waals surface area contributed by atoms with E-state index in [1.54, 1.807) is 30.5 Å². The molecule has 0 fully saturated rings. The van der Waals surface area contributed by atoms with Crippen LogP contribution in [0.3, 0.4) is 0 Å². The molecule has 0 spiro atoms. The lowest BCUT2D eigenvalue weighted by atomic mass is 10.0. The highest BCUT2D eigenvalue weighted by Crippen LogP contribution is 2.21. The summed E-state index contributed by atoms with van der Waals surface area (Å²) in [6.07, 6.45) is 3.29. The molecule has 0 unspecified atom stereocenters. The molecule has 1 atom stereocenters. The number of aromatic nitrogens is 3. The molecule has 0 saturated heterocycles. The van der Waals surface area contributed by atoms with E-state index in [-0.39, 0.29) is 17.8 Å². The number of rotatable bonds is 8. The first-order valence-corrected chi connectivity index (χ1v) is 10.8. The monoisotopic (exact) mass is 470 g/mol. The number of benzene rings is 2. The second-order valence-electron chi connectivity index (χ2n) is 7.74. The van der Waals surface area contributed by atoms with Crippen LogP contribution in [0.15, 0.2) is 67.0 Å². The largest absolute Gasteiger partial charge is 0.454 e. The quantitative estimate of drug-likeness (QED) is 0.338. The molecule has 0 aliphatic heterocycles. The number of ether oxygens (including phenoxy) is 1. The Morgan fingerprint density at radius 2 is 1.89 bits per heavy atom. The first-order chi connectivity index (χ1) is 17.0. The zero-order valence-corrected chi connectivity index (χ0v) is 18.8. The van der Waals surface area contributed by atoms with E-state index in [1.165, 1.54) is 17.8 Å². The molecule has 10 heteroatoms. The van der Waals surface area contributed by atoms with Gasteiger partial charge in [-0.1, -0.05) is 36.4 Å². The molecule has 4 aromatic rings. The van der Waals surface area contributed by atoms with Gasteiger partial charge in [-0.25, -0.2) is 9.48 Å². The summed E-state index contributed by atoms with van der Waals surface area (Å²) in [5.74, 6) is -1.64. The Morgan fingerprint density at radius 1 is 1.14 bits per heavy atom. The highest BCUT2D eigenvalue weighted by atomic mass is 16.5. The minimum Gasteiger partial charge on any atom is -0.454 e. The molecule has 10 nitrogen and oxygen atoms in total. The lowest BCUT2D eigenvalue weighted by Gasteiger charge is -2.17. The van der Waals surface area contributed by atoms with Gasteiger partial charge >= 0.3 is 5.97 Å². The molecule has 0 radical (unpaired) electrons. The topological polar surface area (TPSA) is 142 Å². The van der Waals surface area contributed by atoms with Gasteiger partial charge in [-0.05, 0) is 23.8 Å². The summed E-state index contributed by atoms with van der Waals surface area (Å²) in [6.45, 7) is 0.698. The van der Waals surface area contributed by atoms with Gasteiger partial charge in [-0.15, -0.1) is 0 Å². The van der Waals surface area contributed by atoms with Gasteiger partial charge in [-0.2, -0.15) is 10.4 Å². The molecule has 2 aromatic heterocycles. The second-order valence-corrected chi connectivity index (χ2v) is 7.74. The first-order valence-electron chi connectivity index (χ1n) is 10.8. The Morgan fingerprint density at radius 3 is 2.63 bits per heavy atom. The van der Waals surface area contributed by atoms with Crippen molar-refractivity contribution in [2.45, 2.75) is 19.4 Å². The van der Waals surface area contributed by atoms with Gasteiger partial charge in [0.2, 0.25) is 5.91 Å². The van der Waals surface area contributed by atoms with E-state index in [1.807, 2.05) is 36.4 Å². The van der Waals surface area contributed by atoms with Gasteiger partial charge in [0.25, 0.3) is 5.91 Å². The van der Waals surface area contributed by atoms with E-state index >= 15 is 0 Å². The molecule has 0 aliphatic rings. The molecule has 3 N–H and O–H groups in total. The first kappa shape index (κ1) is 23.3. The molecule has 2 amide bonds. The standard InChI is InChI=1S/C25H22N6O4/c1-16(32)29-22(11-17-13-27-21-10-6-5-9-20(17)21)25(34)35-15-23(33)30-24-18(12-26)14-28-31(24)19-7-3-2-4-8-19/h2-10,13-14,22,27H,11,15H2,1H3,(H,29,32)(H,30,33)/t22-/m0/s1. The van der Waals surface area contributed by atoms with Crippen LogP contribution < -0.4 is 10.6 Å². The number of hydrogen-bond donors (Lipinski definition) is 3. The Labute approximate surface area is 200 Å². The third kappa shape index (κ3) is 5.36. The fraction of sp³-hybridized carbons (Fsp3) is 0.160. The average Bonchev–Trinajstić information content (AvgIpc) is 3.46. The number of nitrogens with zero attached hydrogens (tertiary/aromatic N) is 3. The number of hydrogen-bond acceptors (Lipinski definition) is 6. The van der Waals surface area contributed by atoms with Crippen molar-refractivity contribution >= 4 is 34.5 Å². The minimum absolute atomic E-state index is 0.156. The summed E-state index contributed by atoms with van der Waals surface area (Å²) < 4.78 is 6.62. The molecule has 35 heavy (non-hydrogen) atoms. The molecule has 176 valence electrons. The van der Waals surface area contributed by atoms with E-state index in [0.717, 1.165) is 16.5 Å². The smallest absolute Gasteiger partial charge is 0.329 e. The Hall–Kier alpha value is -4.91. The molecular weight excluding hydrogens is 448 g/mol. The van der Waals surface area contributed by atoms with Crippen LogP contribution in [0.5, 0.6) is 0 Å². The van der Waals surface area contributed by atoms with E-state index in [4.69, 9.17) is 4.74 Å². The SMILES string of the molecule is CC(=O)N[C@@H](Cc1c[nH]c2ccccc12)C(=O)OCC(=O)Nc1c(C#N)cnn1-c1ccccc1. The van der Waals surface area contributed by atoms with Crippen LogP contribution in [0.2, 0.25) is 0 Å². The van der Waals surface area contributed by atoms with E-state index in [0.29, 0.717) is 5.69 Å². The molecule has 2 aromatic carbocycles. The van der Waals surface area contributed by atoms with Gasteiger partial charge in [-0.3, -0.25) is 9.59 Å². The summed E-state index contributed by atoms with van der Waals surface area (Å²) in [5, 5.41) is 19.6. The Balaban J connectivity index is 1.44. The number of H-pyrrole nitrogens is 1. The highest BCUT2D eigenvalue weighted by molar-refractivity contribution is 5.94. The van der Waals surface area contributed by atoms with Gasteiger partial charge in [0, 0.05) is 30.4 Å². The number of para-hydroxylation sites is 2. The van der Waals surface area contributed by atoms with Crippen molar-refractivity contribution in [2.24, 2.45) is 0 Å². The number of nitrogens with one attached hydrogen (secondary N) is 3. The van der Waals surface area contributed by atoms with Crippen molar-refractivity contribution in [1.82, 2.24) is 20.1 Å². The molecular formula is C25H22N6O4. The predicted molar refractivity (Wildman–Crippen MR) is 127 cm³/mol. The number of nitriles is 1. The Kier molecular flexibility index (Phi) is 6.88. The van der Waals surface area contributed by atoms with Crippen LogP contribution in [0, 0.1) is 11.3 Å². The average molecular weight is 470 g/mol.